The van der Waals surface area contributed by atoms with Crippen LogP contribution >= 0.6 is 0 Å². The van der Waals surface area contributed by atoms with Gasteiger partial charge in [0, 0.05) is 5.56 Å². The Hall–Kier alpha value is -1.33. The largest absolute Gasteiger partial charge is 0.497 e. The molecule has 0 unspecified atom stereocenters. The van der Waals surface area contributed by atoms with E-state index in [-0.39, 0.29) is 14.1 Å². The van der Waals surface area contributed by atoms with Gasteiger partial charge in [-0.25, -0.2) is 0 Å². The molecule has 0 bridgehead atoms. The lowest BCUT2D eigenvalue weighted by atomic mass is 9.82. The van der Waals surface area contributed by atoms with Crippen molar-refractivity contribution in [1.29, 1.82) is 0 Å². The molecule has 0 aliphatic rings. The van der Waals surface area contributed by atoms with Crippen LogP contribution in [0.3, 0.4) is 0 Å². The van der Waals surface area contributed by atoms with Crippen LogP contribution in [0.5, 0.6) is 5.75 Å². The molecular weight excluding hydrogens is 183 g/mol. The molecule has 0 fully saturated rings. The third-order valence-electron chi connectivity index (χ3n) is 2.01. The molecule has 4 nitrogen and oxygen atoms in total. The Bertz CT molecular complexity index is 313. The Morgan fingerprint density at radius 3 is 2.71 bits per heavy atom. The lowest BCUT2D eigenvalue weighted by Gasteiger charge is -2.10. The van der Waals surface area contributed by atoms with Crippen molar-refractivity contribution >= 4 is 19.2 Å². The molecule has 5 heteroatoms. The van der Waals surface area contributed by atoms with Gasteiger partial charge in [-0.1, -0.05) is 0 Å². The van der Waals surface area contributed by atoms with Gasteiger partial charge in [-0.05, 0) is 23.2 Å². The summed E-state index contributed by atoms with van der Waals surface area (Å²) in [6.07, 6.45) is 0.669. The van der Waals surface area contributed by atoms with Crippen LogP contribution in [0.15, 0.2) is 12.1 Å². The van der Waals surface area contributed by atoms with Crippen molar-refractivity contribution in [3.63, 3.8) is 0 Å². The topological polar surface area (TPSA) is 66.8 Å². The maximum Gasteiger partial charge on any atom is 0.308 e. The predicted octanol–water partition coefficient (Wildman–Crippen LogP) is -1.03. The number of carbonyl (C=O) groups is 1. The van der Waals surface area contributed by atoms with Crippen LogP contribution in [0.1, 0.15) is 15.9 Å². The van der Waals surface area contributed by atoms with Crippen molar-refractivity contribution in [3.05, 3.63) is 23.3 Å². The monoisotopic (exact) mass is 194 g/mol. The fourth-order valence-electron chi connectivity index (χ4n) is 1.30. The Morgan fingerprint density at radius 2 is 2.29 bits per heavy atom. The van der Waals surface area contributed by atoms with Crippen molar-refractivity contribution in [2.75, 3.05) is 7.11 Å². The molecule has 0 aromatic heterocycles. The number of aldehydes is 1. The second kappa shape index (κ2) is 4.78. The van der Waals surface area contributed by atoms with E-state index >= 15 is 0 Å². The first kappa shape index (κ1) is 10.8. The average Bonchev–Trinajstić information content (AvgIpc) is 2.26. The molecule has 74 valence electrons. The van der Waals surface area contributed by atoms with Crippen LogP contribution in [-0.2, 0) is 6.61 Å². The van der Waals surface area contributed by atoms with Crippen LogP contribution in [0.25, 0.3) is 0 Å². The van der Waals surface area contributed by atoms with E-state index in [1.807, 2.05) is 0 Å². The first-order chi connectivity index (χ1) is 6.76. The highest BCUT2D eigenvalue weighted by atomic mass is 16.5. The Morgan fingerprint density at radius 1 is 1.57 bits per heavy atom. The molecule has 0 aliphatic carbocycles. The minimum Gasteiger partial charge on any atom is -0.497 e. The normalized spacial score (nSPS) is 9.64. The van der Waals surface area contributed by atoms with Gasteiger partial charge in [0.15, 0.2) is 0 Å². The quantitative estimate of drug-likeness (QED) is 0.475. The van der Waals surface area contributed by atoms with E-state index in [2.05, 4.69) is 0 Å². The zero-order chi connectivity index (χ0) is 10.6. The van der Waals surface area contributed by atoms with Gasteiger partial charge in [-0.15, -0.1) is 0 Å². The summed E-state index contributed by atoms with van der Waals surface area (Å²) in [6, 6.07) is 3.05. The van der Waals surface area contributed by atoms with Crippen molar-refractivity contribution < 1.29 is 19.7 Å². The summed E-state index contributed by atoms with van der Waals surface area (Å²) < 4.78 is 4.99. The van der Waals surface area contributed by atoms with Crippen LogP contribution < -0.4 is 10.2 Å². The van der Waals surface area contributed by atoms with Crippen LogP contribution in [0, 0.1) is 0 Å². The zero-order valence-corrected chi connectivity index (χ0v) is 7.86. The highest BCUT2D eigenvalue weighted by molar-refractivity contribution is 6.47. The number of benzene rings is 1. The van der Waals surface area contributed by atoms with E-state index in [1.54, 1.807) is 0 Å². The highest BCUT2D eigenvalue weighted by Crippen LogP contribution is 2.12. The van der Waals surface area contributed by atoms with Gasteiger partial charge in [0.25, 0.3) is 0 Å². The van der Waals surface area contributed by atoms with E-state index in [9.17, 15) is 4.79 Å². The lowest BCUT2D eigenvalue weighted by Crippen LogP contribution is -2.22. The summed E-state index contributed by atoms with van der Waals surface area (Å²) in [4.78, 5) is 10.5. The van der Waals surface area contributed by atoms with E-state index in [4.69, 9.17) is 14.9 Å². The SMILES string of the molecule is COc1cc(C=O)cc(CO)c1BO. The first-order valence-corrected chi connectivity index (χ1v) is 4.13. The molecule has 14 heavy (non-hydrogen) atoms. The minimum absolute atomic E-state index is 0.224. The van der Waals surface area contributed by atoms with Gasteiger partial charge in [0.1, 0.15) is 12.0 Å². The average molecular weight is 194 g/mol. The van der Waals surface area contributed by atoms with Crippen LogP contribution in [0.2, 0.25) is 0 Å². The third-order valence-corrected chi connectivity index (χ3v) is 2.01. The van der Waals surface area contributed by atoms with Crippen molar-refractivity contribution in [1.82, 2.24) is 0 Å². The number of aliphatic hydroxyl groups is 1. The minimum atomic E-state index is -0.228. The maximum absolute atomic E-state index is 10.5. The summed E-state index contributed by atoms with van der Waals surface area (Å²) in [5.41, 5.74) is 1.44. The molecule has 1 aromatic carbocycles. The number of rotatable bonds is 4. The second-order valence-electron chi connectivity index (χ2n) is 2.79. The van der Waals surface area contributed by atoms with Gasteiger partial charge < -0.3 is 14.9 Å². The van der Waals surface area contributed by atoms with E-state index < -0.39 is 0 Å². The predicted molar refractivity (Wildman–Crippen MR) is 53.3 cm³/mol. The van der Waals surface area contributed by atoms with Crippen LogP contribution in [-0.4, -0.2) is 31.0 Å². The molecule has 0 saturated carbocycles. The number of carbonyl (C=O) groups excluding carboxylic acids is 1. The number of methoxy groups -OCH3 is 1. The fourth-order valence-corrected chi connectivity index (χ4v) is 1.30. The summed E-state index contributed by atoms with van der Waals surface area (Å²) in [6.45, 7) is -0.228. The fraction of sp³-hybridized carbons (Fsp3) is 0.222. The van der Waals surface area contributed by atoms with E-state index in [0.717, 1.165) is 0 Å². The number of ether oxygens (including phenoxy) is 1. The lowest BCUT2D eigenvalue weighted by molar-refractivity contribution is 0.112. The van der Waals surface area contributed by atoms with Gasteiger partial charge in [0.2, 0.25) is 0 Å². The van der Waals surface area contributed by atoms with Crippen LogP contribution in [0.4, 0.5) is 0 Å². The van der Waals surface area contributed by atoms with Gasteiger partial charge in [-0.3, -0.25) is 4.79 Å². The second-order valence-corrected chi connectivity index (χ2v) is 2.79. The number of hydrogen-bond donors (Lipinski definition) is 2. The Labute approximate surface area is 82.4 Å². The Balaban J connectivity index is 3.31. The molecule has 0 aliphatic heterocycles. The summed E-state index contributed by atoms with van der Waals surface area (Å²) in [5, 5.41) is 18.1. The van der Waals surface area contributed by atoms with Crippen molar-refractivity contribution in [3.8, 4) is 5.75 Å². The molecule has 0 saturated heterocycles. The van der Waals surface area contributed by atoms with Gasteiger partial charge >= 0.3 is 7.48 Å². The van der Waals surface area contributed by atoms with Crippen molar-refractivity contribution in [2.45, 2.75) is 6.61 Å². The molecule has 0 amide bonds. The summed E-state index contributed by atoms with van der Waals surface area (Å²) >= 11 is 0. The number of hydrogen-bond acceptors (Lipinski definition) is 4. The summed E-state index contributed by atoms with van der Waals surface area (Å²) in [7, 11) is 1.22. The molecule has 2 N–H and O–H groups in total. The van der Waals surface area contributed by atoms with E-state index in [1.165, 1.54) is 19.2 Å². The third kappa shape index (κ3) is 1.94. The molecule has 0 heterocycles. The Kier molecular flexibility index (Phi) is 3.68. The standard InChI is InChI=1S/C9H11BO4/c1-14-8-3-6(4-11)2-7(5-12)9(8)10-13/h2-4,10,12-13H,5H2,1H3. The van der Waals surface area contributed by atoms with Gasteiger partial charge in [-0.2, -0.15) is 0 Å². The van der Waals surface area contributed by atoms with E-state index in [0.29, 0.717) is 28.6 Å². The molecule has 0 atom stereocenters. The molecular formula is C9H11BO4. The first-order valence-electron chi connectivity index (χ1n) is 4.13. The molecule has 1 aromatic rings. The summed E-state index contributed by atoms with van der Waals surface area (Å²) in [5.74, 6) is 0.418. The number of aliphatic hydroxyl groups excluding tert-OH is 1. The smallest absolute Gasteiger partial charge is 0.308 e. The molecule has 0 spiro atoms. The molecule has 0 radical (unpaired) electrons. The maximum atomic E-state index is 10.5. The van der Waals surface area contributed by atoms with Gasteiger partial charge in [0.05, 0.1) is 13.7 Å². The highest BCUT2D eigenvalue weighted by Gasteiger charge is 2.10. The van der Waals surface area contributed by atoms with Crippen molar-refractivity contribution in [2.24, 2.45) is 0 Å². The zero-order valence-electron chi connectivity index (χ0n) is 7.86. The molecule has 1 rings (SSSR count).